The molecule has 84 valence electrons. The summed E-state index contributed by atoms with van der Waals surface area (Å²) in [6.07, 6.45) is 3.13. The van der Waals surface area contributed by atoms with Gasteiger partial charge < -0.3 is 4.74 Å². The third kappa shape index (κ3) is 3.16. The van der Waals surface area contributed by atoms with Gasteiger partial charge in [0.05, 0.1) is 6.20 Å². The highest BCUT2D eigenvalue weighted by Crippen LogP contribution is 2.14. The summed E-state index contributed by atoms with van der Waals surface area (Å²) in [6.45, 7) is 0.362. The Hall–Kier alpha value is -2.12. The number of pyridine rings is 2. The third-order valence-electron chi connectivity index (χ3n) is 2.04. The molecular formula is C12H8ClN3O. The van der Waals surface area contributed by atoms with Crippen molar-refractivity contribution in [3.8, 4) is 11.8 Å². The Morgan fingerprint density at radius 3 is 2.88 bits per heavy atom. The van der Waals surface area contributed by atoms with Crippen LogP contribution < -0.4 is 4.74 Å². The van der Waals surface area contributed by atoms with Crippen LogP contribution in [0.2, 0.25) is 5.15 Å². The average molecular weight is 246 g/mol. The quantitative estimate of drug-likeness (QED) is 0.780. The van der Waals surface area contributed by atoms with Crippen LogP contribution in [0.25, 0.3) is 0 Å². The molecule has 4 nitrogen and oxygen atoms in total. The molecule has 0 bridgehead atoms. The van der Waals surface area contributed by atoms with Crippen LogP contribution in [0.4, 0.5) is 0 Å². The Balaban J connectivity index is 2.02. The van der Waals surface area contributed by atoms with E-state index < -0.39 is 0 Å². The molecule has 0 aliphatic carbocycles. The van der Waals surface area contributed by atoms with Crippen LogP contribution in [0.3, 0.4) is 0 Å². The van der Waals surface area contributed by atoms with Crippen molar-refractivity contribution in [2.75, 3.05) is 0 Å². The van der Waals surface area contributed by atoms with Gasteiger partial charge in [0.15, 0.2) is 0 Å². The average Bonchev–Trinajstić information content (AvgIpc) is 2.38. The molecular weight excluding hydrogens is 238 g/mol. The monoisotopic (exact) mass is 245 g/mol. The molecule has 2 rings (SSSR count). The van der Waals surface area contributed by atoms with Gasteiger partial charge in [0.1, 0.15) is 29.3 Å². The Morgan fingerprint density at radius 2 is 2.18 bits per heavy atom. The van der Waals surface area contributed by atoms with Crippen molar-refractivity contribution >= 4 is 11.6 Å². The van der Waals surface area contributed by atoms with E-state index in [2.05, 4.69) is 9.97 Å². The first-order valence-corrected chi connectivity index (χ1v) is 5.25. The number of halogens is 1. The van der Waals surface area contributed by atoms with E-state index in [9.17, 15) is 0 Å². The van der Waals surface area contributed by atoms with Crippen molar-refractivity contribution in [3.63, 3.8) is 0 Å². The summed E-state index contributed by atoms with van der Waals surface area (Å²) >= 11 is 5.66. The van der Waals surface area contributed by atoms with Crippen molar-refractivity contribution in [3.05, 3.63) is 53.1 Å². The summed E-state index contributed by atoms with van der Waals surface area (Å²) in [5.74, 6) is 0.629. The number of aromatic nitrogens is 2. The highest BCUT2D eigenvalue weighted by Gasteiger charge is 1.99. The van der Waals surface area contributed by atoms with Gasteiger partial charge in [0, 0.05) is 6.20 Å². The van der Waals surface area contributed by atoms with Gasteiger partial charge >= 0.3 is 0 Å². The van der Waals surface area contributed by atoms with Crippen molar-refractivity contribution in [2.24, 2.45) is 0 Å². The molecule has 2 aromatic heterocycles. The molecule has 0 saturated heterocycles. The zero-order valence-electron chi connectivity index (χ0n) is 8.80. The van der Waals surface area contributed by atoms with E-state index in [4.69, 9.17) is 21.6 Å². The van der Waals surface area contributed by atoms with Gasteiger partial charge in [0.25, 0.3) is 0 Å². The highest BCUT2D eigenvalue weighted by molar-refractivity contribution is 6.29. The fraction of sp³-hybridized carbons (Fsp3) is 0.0833. The van der Waals surface area contributed by atoms with Crippen molar-refractivity contribution < 1.29 is 4.74 Å². The molecule has 0 amide bonds. The molecule has 0 saturated carbocycles. The second-order valence-electron chi connectivity index (χ2n) is 3.27. The second kappa shape index (κ2) is 5.28. The lowest BCUT2D eigenvalue weighted by atomic mass is 10.2. The predicted molar refractivity (Wildman–Crippen MR) is 62.5 cm³/mol. The SMILES string of the molecule is N#Cc1cc(COc2ccc(Cl)nc2)ccn1. The molecule has 5 heteroatoms. The summed E-state index contributed by atoms with van der Waals surface area (Å²) < 4.78 is 5.49. The van der Waals surface area contributed by atoms with Crippen molar-refractivity contribution in [1.29, 1.82) is 5.26 Å². The Labute approximate surface area is 103 Å². The number of hydrogen-bond acceptors (Lipinski definition) is 4. The first kappa shape index (κ1) is 11.4. The van der Waals surface area contributed by atoms with E-state index in [0.717, 1.165) is 5.56 Å². The van der Waals surface area contributed by atoms with Crippen LogP contribution in [0.5, 0.6) is 5.75 Å². The predicted octanol–water partition coefficient (Wildman–Crippen LogP) is 2.58. The van der Waals surface area contributed by atoms with Gasteiger partial charge in [0.2, 0.25) is 0 Å². The Bertz CT molecular complexity index is 548. The summed E-state index contributed by atoms with van der Waals surface area (Å²) in [5.41, 5.74) is 1.26. The fourth-order valence-electron chi connectivity index (χ4n) is 1.24. The van der Waals surface area contributed by atoms with E-state index in [1.165, 1.54) is 0 Å². The van der Waals surface area contributed by atoms with Gasteiger partial charge in [-0.1, -0.05) is 11.6 Å². The normalized spacial score (nSPS) is 9.65. The lowest BCUT2D eigenvalue weighted by molar-refractivity contribution is 0.305. The third-order valence-corrected chi connectivity index (χ3v) is 2.27. The van der Waals surface area contributed by atoms with Gasteiger partial charge in [-0.25, -0.2) is 9.97 Å². The maximum Gasteiger partial charge on any atom is 0.140 e. The standard InChI is InChI=1S/C12H8ClN3O/c13-12-2-1-11(7-16-12)17-8-9-3-4-15-10(5-9)6-14/h1-5,7H,8H2. The molecule has 0 aromatic carbocycles. The van der Waals surface area contributed by atoms with Crippen LogP contribution in [0.15, 0.2) is 36.7 Å². The van der Waals surface area contributed by atoms with E-state index in [0.29, 0.717) is 23.2 Å². The molecule has 0 aliphatic rings. The zero-order chi connectivity index (χ0) is 12.1. The largest absolute Gasteiger partial charge is 0.487 e. The van der Waals surface area contributed by atoms with E-state index in [1.54, 1.807) is 36.7 Å². The molecule has 0 radical (unpaired) electrons. The summed E-state index contributed by atoms with van der Waals surface area (Å²) in [7, 11) is 0. The minimum absolute atomic E-state index is 0.362. The zero-order valence-corrected chi connectivity index (χ0v) is 9.55. The summed E-state index contributed by atoms with van der Waals surface area (Å²) in [5, 5.41) is 9.12. The van der Waals surface area contributed by atoms with E-state index >= 15 is 0 Å². The minimum Gasteiger partial charge on any atom is -0.487 e. The minimum atomic E-state index is 0.362. The summed E-state index contributed by atoms with van der Waals surface area (Å²) in [6, 6.07) is 8.85. The number of hydrogen-bond donors (Lipinski definition) is 0. The van der Waals surface area contributed by atoms with Crippen molar-refractivity contribution in [1.82, 2.24) is 9.97 Å². The lowest BCUT2D eigenvalue weighted by Gasteiger charge is -2.05. The highest BCUT2D eigenvalue weighted by atomic mass is 35.5. The number of nitriles is 1. The second-order valence-corrected chi connectivity index (χ2v) is 3.65. The Morgan fingerprint density at radius 1 is 1.29 bits per heavy atom. The molecule has 0 spiro atoms. The molecule has 0 fully saturated rings. The van der Waals surface area contributed by atoms with Crippen LogP contribution >= 0.6 is 11.6 Å². The topological polar surface area (TPSA) is 58.8 Å². The van der Waals surface area contributed by atoms with E-state index in [1.807, 2.05) is 6.07 Å². The number of ether oxygens (including phenoxy) is 1. The maximum absolute atomic E-state index is 8.70. The first-order chi connectivity index (χ1) is 8.28. The first-order valence-electron chi connectivity index (χ1n) is 4.87. The molecule has 2 heterocycles. The van der Waals surface area contributed by atoms with E-state index in [-0.39, 0.29) is 0 Å². The van der Waals surface area contributed by atoms with Crippen LogP contribution in [-0.4, -0.2) is 9.97 Å². The molecule has 0 N–H and O–H groups in total. The van der Waals surface area contributed by atoms with Gasteiger partial charge in [-0.3, -0.25) is 0 Å². The molecule has 0 aliphatic heterocycles. The maximum atomic E-state index is 8.70. The van der Waals surface area contributed by atoms with Crippen molar-refractivity contribution in [2.45, 2.75) is 6.61 Å². The lowest BCUT2D eigenvalue weighted by Crippen LogP contribution is -1.97. The smallest absolute Gasteiger partial charge is 0.140 e. The van der Waals surface area contributed by atoms with Crippen LogP contribution in [0, 0.1) is 11.3 Å². The van der Waals surface area contributed by atoms with Gasteiger partial charge in [-0.15, -0.1) is 0 Å². The number of nitrogens with zero attached hydrogens (tertiary/aromatic N) is 3. The molecule has 0 atom stereocenters. The fourth-order valence-corrected chi connectivity index (χ4v) is 1.35. The molecule has 0 unspecified atom stereocenters. The number of rotatable bonds is 3. The summed E-state index contributed by atoms with van der Waals surface area (Å²) in [4.78, 5) is 7.78. The van der Waals surface area contributed by atoms with Crippen LogP contribution in [0.1, 0.15) is 11.3 Å². The van der Waals surface area contributed by atoms with Crippen LogP contribution in [-0.2, 0) is 6.61 Å². The molecule has 17 heavy (non-hydrogen) atoms. The van der Waals surface area contributed by atoms with Gasteiger partial charge in [-0.2, -0.15) is 5.26 Å². The van der Waals surface area contributed by atoms with Gasteiger partial charge in [-0.05, 0) is 29.8 Å². The Kier molecular flexibility index (Phi) is 3.53. The molecule has 2 aromatic rings.